The Morgan fingerprint density at radius 2 is 1.64 bits per heavy atom. The molecule has 1 fully saturated rings. The molecule has 0 heteroatoms. The van der Waals surface area contributed by atoms with Crippen LogP contribution in [0.5, 0.6) is 0 Å². The topological polar surface area (TPSA) is 0 Å². The lowest BCUT2D eigenvalue weighted by molar-refractivity contribution is 0.689. The molecule has 0 heterocycles. The van der Waals surface area contributed by atoms with Crippen molar-refractivity contribution in [1.82, 2.24) is 0 Å². The molecule has 2 aliphatic carbocycles. The highest BCUT2D eigenvalue weighted by Gasteiger charge is 2.10. The van der Waals surface area contributed by atoms with Crippen LogP contribution in [0.1, 0.15) is 57.1 Å². The lowest BCUT2D eigenvalue weighted by atomic mass is 10.0. The van der Waals surface area contributed by atoms with Crippen LogP contribution in [0.25, 0.3) is 11.6 Å². The van der Waals surface area contributed by atoms with Crippen LogP contribution in [-0.4, -0.2) is 0 Å². The summed E-state index contributed by atoms with van der Waals surface area (Å²) in [5, 5.41) is 0. The van der Waals surface area contributed by atoms with E-state index in [-0.39, 0.29) is 0 Å². The van der Waals surface area contributed by atoms with E-state index in [4.69, 9.17) is 0 Å². The Balaban J connectivity index is 0.000000847. The van der Waals surface area contributed by atoms with E-state index in [1.165, 1.54) is 42.4 Å². The summed E-state index contributed by atoms with van der Waals surface area (Å²) < 4.78 is 0. The minimum Gasteiger partial charge on any atom is -0.0808 e. The Kier molecular flexibility index (Phi) is 6.96. The predicted octanol–water partition coefficient (Wildman–Crippen LogP) is 6.82. The van der Waals surface area contributed by atoms with E-state index in [2.05, 4.69) is 66.8 Å². The van der Waals surface area contributed by atoms with Gasteiger partial charge >= 0.3 is 0 Å². The van der Waals surface area contributed by atoms with Gasteiger partial charge in [0.15, 0.2) is 0 Å². The maximum atomic E-state index is 2.40. The van der Waals surface area contributed by atoms with Crippen molar-refractivity contribution in [2.75, 3.05) is 0 Å². The Morgan fingerprint density at radius 1 is 0.909 bits per heavy atom. The highest BCUT2D eigenvalue weighted by molar-refractivity contribution is 5.70. The van der Waals surface area contributed by atoms with E-state index in [9.17, 15) is 0 Å². The molecule has 1 saturated carbocycles. The Morgan fingerprint density at radius 3 is 2.36 bits per heavy atom. The van der Waals surface area contributed by atoms with Gasteiger partial charge < -0.3 is 0 Å². The van der Waals surface area contributed by atoms with Crippen LogP contribution in [0.2, 0.25) is 0 Å². The molecule has 116 valence electrons. The average Bonchev–Trinajstić information content (AvgIpc) is 2.96. The number of allylic oxidation sites excluding steroid dienone is 7. The second-order valence-corrected chi connectivity index (χ2v) is 5.73. The molecule has 0 nitrogen and oxygen atoms in total. The summed E-state index contributed by atoms with van der Waals surface area (Å²) in [5.74, 6) is 0.814. The largest absolute Gasteiger partial charge is 0.0808 e. The molecule has 0 atom stereocenters. The van der Waals surface area contributed by atoms with Gasteiger partial charge in [0.1, 0.15) is 0 Å². The summed E-state index contributed by atoms with van der Waals surface area (Å²) in [6, 6.07) is 8.96. The standard InChI is InChI=1S/C20H22.C2H6/c1-2-4-10-19(9-3-1)20-15-13-18(14-16-20)12-11-17-7-5-6-8-17;1-2/h1-4,9,11-17H,5-8,10H2;1-2H3. The summed E-state index contributed by atoms with van der Waals surface area (Å²) in [6.45, 7) is 4.00. The molecule has 2 aliphatic rings. The molecular weight excluding hydrogens is 264 g/mol. The van der Waals surface area contributed by atoms with Crippen molar-refractivity contribution in [2.24, 2.45) is 5.92 Å². The molecule has 3 rings (SSSR count). The number of hydrogen-bond acceptors (Lipinski definition) is 0. The van der Waals surface area contributed by atoms with Crippen LogP contribution >= 0.6 is 0 Å². The van der Waals surface area contributed by atoms with E-state index < -0.39 is 0 Å². The monoisotopic (exact) mass is 292 g/mol. The highest BCUT2D eigenvalue weighted by Crippen LogP contribution is 2.27. The van der Waals surface area contributed by atoms with Crippen molar-refractivity contribution in [1.29, 1.82) is 0 Å². The fourth-order valence-corrected chi connectivity index (χ4v) is 3.00. The SMILES string of the molecule is C1=CC=C(c2ccc(C=CC3CCCC3)cc2)CC=C1.CC. The molecular formula is C22H28. The molecule has 0 radical (unpaired) electrons. The minimum atomic E-state index is 0.814. The zero-order chi connectivity index (χ0) is 15.6. The van der Waals surface area contributed by atoms with E-state index in [0.717, 1.165) is 12.3 Å². The van der Waals surface area contributed by atoms with Gasteiger partial charge in [-0.2, -0.15) is 0 Å². The van der Waals surface area contributed by atoms with Gasteiger partial charge in [0.2, 0.25) is 0 Å². The first-order chi connectivity index (χ1) is 10.9. The van der Waals surface area contributed by atoms with E-state index >= 15 is 0 Å². The van der Waals surface area contributed by atoms with Crippen LogP contribution in [0.15, 0.2) is 60.7 Å². The summed E-state index contributed by atoms with van der Waals surface area (Å²) in [6.07, 6.45) is 22.0. The van der Waals surface area contributed by atoms with Gasteiger partial charge in [-0.05, 0) is 41.9 Å². The third-order valence-electron chi connectivity index (χ3n) is 4.24. The Bertz CT molecular complexity index is 546. The summed E-state index contributed by atoms with van der Waals surface area (Å²) in [7, 11) is 0. The zero-order valence-corrected chi connectivity index (χ0v) is 14.0. The zero-order valence-electron chi connectivity index (χ0n) is 14.0. The van der Waals surface area contributed by atoms with Crippen molar-refractivity contribution >= 4 is 11.6 Å². The third-order valence-corrected chi connectivity index (χ3v) is 4.24. The maximum Gasteiger partial charge on any atom is -0.00884 e. The first kappa shape index (κ1) is 16.5. The summed E-state index contributed by atoms with van der Waals surface area (Å²) in [4.78, 5) is 0. The van der Waals surface area contributed by atoms with Gasteiger partial charge in [-0.1, -0.05) is 93.5 Å². The van der Waals surface area contributed by atoms with Crippen LogP contribution in [0.4, 0.5) is 0 Å². The number of benzene rings is 1. The summed E-state index contributed by atoms with van der Waals surface area (Å²) >= 11 is 0. The summed E-state index contributed by atoms with van der Waals surface area (Å²) in [5.41, 5.74) is 4.04. The first-order valence-electron chi connectivity index (χ1n) is 8.73. The lowest BCUT2D eigenvalue weighted by Gasteiger charge is -2.05. The van der Waals surface area contributed by atoms with E-state index in [0.29, 0.717) is 0 Å². The quantitative estimate of drug-likeness (QED) is 0.573. The molecule has 0 amide bonds. The second-order valence-electron chi connectivity index (χ2n) is 5.73. The smallest absolute Gasteiger partial charge is 0.00884 e. The first-order valence-corrected chi connectivity index (χ1v) is 8.73. The van der Waals surface area contributed by atoms with Crippen molar-refractivity contribution in [3.05, 3.63) is 71.8 Å². The van der Waals surface area contributed by atoms with Crippen LogP contribution in [0, 0.1) is 5.92 Å². The lowest BCUT2D eigenvalue weighted by Crippen LogP contribution is -1.86. The molecule has 22 heavy (non-hydrogen) atoms. The molecule has 0 bridgehead atoms. The molecule has 0 saturated heterocycles. The van der Waals surface area contributed by atoms with Crippen LogP contribution in [-0.2, 0) is 0 Å². The van der Waals surface area contributed by atoms with E-state index in [1.807, 2.05) is 13.8 Å². The molecule has 0 aliphatic heterocycles. The molecule has 0 spiro atoms. The molecule has 0 N–H and O–H groups in total. The molecule has 0 aromatic heterocycles. The molecule has 1 aromatic rings. The number of rotatable bonds is 3. The minimum absolute atomic E-state index is 0.814. The van der Waals surface area contributed by atoms with Gasteiger partial charge in [-0.3, -0.25) is 0 Å². The van der Waals surface area contributed by atoms with Crippen LogP contribution < -0.4 is 0 Å². The van der Waals surface area contributed by atoms with Crippen molar-refractivity contribution < 1.29 is 0 Å². The normalized spacial score (nSPS) is 18.0. The number of hydrogen-bond donors (Lipinski definition) is 0. The molecule has 0 unspecified atom stereocenters. The van der Waals surface area contributed by atoms with Gasteiger partial charge in [-0.25, -0.2) is 0 Å². The maximum absolute atomic E-state index is 2.40. The second kappa shape index (κ2) is 9.25. The van der Waals surface area contributed by atoms with Crippen molar-refractivity contribution in [3.8, 4) is 0 Å². The van der Waals surface area contributed by atoms with Crippen LogP contribution in [0.3, 0.4) is 0 Å². The van der Waals surface area contributed by atoms with Crippen molar-refractivity contribution in [3.63, 3.8) is 0 Å². The fraction of sp³-hybridized carbons (Fsp3) is 0.364. The Hall–Kier alpha value is -1.82. The molecule has 1 aromatic carbocycles. The van der Waals surface area contributed by atoms with Gasteiger partial charge in [0.25, 0.3) is 0 Å². The van der Waals surface area contributed by atoms with E-state index in [1.54, 1.807) is 0 Å². The fourth-order valence-electron chi connectivity index (χ4n) is 3.00. The van der Waals surface area contributed by atoms with Crippen molar-refractivity contribution in [2.45, 2.75) is 46.0 Å². The van der Waals surface area contributed by atoms with Gasteiger partial charge in [-0.15, -0.1) is 0 Å². The predicted molar refractivity (Wildman–Crippen MR) is 99.7 cm³/mol. The Labute approximate surface area is 136 Å². The highest BCUT2D eigenvalue weighted by atomic mass is 14.2. The third kappa shape index (κ3) is 4.87. The average molecular weight is 292 g/mol. The van der Waals surface area contributed by atoms with Gasteiger partial charge in [0.05, 0.1) is 0 Å². The van der Waals surface area contributed by atoms with Gasteiger partial charge in [0, 0.05) is 0 Å².